The first-order chi connectivity index (χ1) is 7.79. The van der Waals surface area contributed by atoms with Crippen LogP contribution in [-0.4, -0.2) is 22.8 Å². The lowest BCUT2D eigenvalue weighted by atomic mass is 9.99. The lowest BCUT2D eigenvalue weighted by Gasteiger charge is -2.11. The average molecular weight is 221 g/mol. The molecule has 1 aromatic rings. The van der Waals surface area contributed by atoms with Crippen LogP contribution in [0.1, 0.15) is 44.1 Å². The van der Waals surface area contributed by atoms with Gasteiger partial charge in [0.05, 0.1) is 18.9 Å². The molecule has 0 aromatic carbocycles. The van der Waals surface area contributed by atoms with Crippen LogP contribution in [0.4, 0.5) is 0 Å². The first-order valence-corrected chi connectivity index (χ1v) is 6.05. The molecule has 88 valence electrons. The standard InChI is InChI=1S/C13H19NO2/c1-2-5-16-13-7-11(8-14-9-13)10-3-4-12(15)6-10/h7-10,12,15H,2-6H2,1H3. The van der Waals surface area contributed by atoms with Crippen molar-refractivity contribution in [2.24, 2.45) is 0 Å². The van der Waals surface area contributed by atoms with Crippen LogP contribution in [0.3, 0.4) is 0 Å². The molecule has 0 aliphatic heterocycles. The molecular formula is C13H19NO2. The zero-order valence-electron chi connectivity index (χ0n) is 9.72. The second kappa shape index (κ2) is 5.30. The van der Waals surface area contributed by atoms with E-state index in [0.29, 0.717) is 5.92 Å². The molecule has 2 rings (SSSR count). The Bertz CT molecular complexity index is 340. The summed E-state index contributed by atoms with van der Waals surface area (Å²) in [5.74, 6) is 1.30. The largest absolute Gasteiger partial charge is 0.492 e. The van der Waals surface area contributed by atoms with Gasteiger partial charge >= 0.3 is 0 Å². The monoisotopic (exact) mass is 221 g/mol. The molecule has 0 spiro atoms. The molecule has 1 aliphatic rings. The van der Waals surface area contributed by atoms with E-state index in [1.54, 1.807) is 6.20 Å². The first kappa shape index (κ1) is 11.4. The van der Waals surface area contributed by atoms with E-state index in [9.17, 15) is 5.11 Å². The molecule has 1 saturated carbocycles. The molecule has 1 N–H and O–H groups in total. The van der Waals surface area contributed by atoms with Crippen LogP contribution in [-0.2, 0) is 0 Å². The fourth-order valence-electron chi connectivity index (χ4n) is 2.22. The van der Waals surface area contributed by atoms with Gasteiger partial charge in [0.2, 0.25) is 0 Å². The van der Waals surface area contributed by atoms with E-state index in [-0.39, 0.29) is 6.10 Å². The van der Waals surface area contributed by atoms with Gasteiger partial charge in [0.1, 0.15) is 5.75 Å². The minimum atomic E-state index is -0.134. The number of rotatable bonds is 4. The van der Waals surface area contributed by atoms with E-state index in [1.807, 2.05) is 6.20 Å². The summed E-state index contributed by atoms with van der Waals surface area (Å²) < 4.78 is 5.56. The lowest BCUT2D eigenvalue weighted by molar-refractivity contribution is 0.181. The van der Waals surface area contributed by atoms with Crippen LogP contribution < -0.4 is 4.74 Å². The number of hydrogen-bond donors (Lipinski definition) is 1. The Labute approximate surface area is 96.5 Å². The van der Waals surface area contributed by atoms with Gasteiger partial charge in [-0.3, -0.25) is 4.98 Å². The molecule has 2 unspecified atom stereocenters. The smallest absolute Gasteiger partial charge is 0.137 e. The van der Waals surface area contributed by atoms with Crippen LogP contribution in [0, 0.1) is 0 Å². The number of aliphatic hydroxyl groups excluding tert-OH is 1. The van der Waals surface area contributed by atoms with Gasteiger partial charge < -0.3 is 9.84 Å². The van der Waals surface area contributed by atoms with Crippen LogP contribution in [0.2, 0.25) is 0 Å². The van der Waals surface area contributed by atoms with Gasteiger partial charge in [-0.1, -0.05) is 6.92 Å². The highest BCUT2D eigenvalue weighted by molar-refractivity contribution is 5.27. The molecule has 1 aromatic heterocycles. The number of pyridine rings is 1. The van der Waals surface area contributed by atoms with E-state index in [4.69, 9.17) is 4.74 Å². The fraction of sp³-hybridized carbons (Fsp3) is 0.615. The topological polar surface area (TPSA) is 42.4 Å². The molecule has 0 amide bonds. The highest BCUT2D eigenvalue weighted by Crippen LogP contribution is 2.35. The van der Waals surface area contributed by atoms with Crippen molar-refractivity contribution < 1.29 is 9.84 Å². The maximum atomic E-state index is 9.52. The maximum Gasteiger partial charge on any atom is 0.137 e. The van der Waals surface area contributed by atoms with Crippen molar-refractivity contribution in [1.29, 1.82) is 0 Å². The third-order valence-corrected chi connectivity index (χ3v) is 3.08. The predicted molar refractivity (Wildman–Crippen MR) is 62.6 cm³/mol. The summed E-state index contributed by atoms with van der Waals surface area (Å²) in [5.41, 5.74) is 1.20. The molecule has 3 nitrogen and oxygen atoms in total. The van der Waals surface area contributed by atoms with Crippen molar-refractivity contribution in [3.63, 3.8) is 0 Å². The normalized spacial score (nSPS) is 24.6. The fourth-order valence-corrected chi connectivity index (χ4v) is 2.22. The van der Waals surface area contributed by atoms with E-state index in [1.165, 1.54) is 5.56 Å². The van der Waals surface area contributed by atoms with Crippen molar-refractivity contribution in [3.05, 3.63) is 24.0 Å². The predicted octanol–water partition coefficient (Wildman–Crippen LogP) is 2.50. The molecule has 0 bridgehead atoms. The number of ether oxygens (including phenoxy) is 1. The minimum Gasteiger partial charge on any atom is -0.492 e. The Balaban J connectivity index is 2.04. The van der Waals surface area contributed by atoms with Crippen molar-refractivity contribution in [1.82, 2.24) is 4.98 Å². The van der Waals surface area contributed by atoms with Gasteiger partial charge in [-0.25, -0.2) is 0 Å². The van der Waals surface area contributed by atoms with Gasteiger partial charge in [-0.15, -0.1) is 0 Å². The first-order valence-electron chi connectivity index (χ1n) is 6.05. The van der Waals surface area contributed by atoms with Crippen LogP contribution in [0.5, 0.6) is 5.75 Å². The Morgan fingerprint density at radius 3 is 3.00 bits per heavy atom. The quantitative estimate of drug-likeness (QED) is 0.849. The Morgan fingerprint density at radius 2 is 2.31 bits per heavy atom. The zero-order valence-corrected chi connectivity index (χ0v) is 9.72. The van der Waals surface area contributed by atoms with E-state index in [2.05, 4.69) is 18.0 Å². The highest BCUT2D eigenvalue weighted by Gasteiger charge is 2.24. The van der Waals surface area contributed by atoms with Gasteiger partial charge in [0.15, 0.2) is 0 Å². The number of nitrogens with zero attached hydrogens (tertiary/aromatic N) is 1. The van der Waals surface area contributed by atoms with Crippen molar-refractivity contribution in [2.45, 2.75) is 44.6 Å². The van der Waals surface area contributed by atoms with E-state index < -0.39 is 0 Å². The summed E-state index contributed by atoms with van der Waals surface area (Å²) in [6.07, 6.45) is 7.34. The zero-order chi connectivity index (χ0) is 11.4. The number of aromatic nitrogens is 1. The van der Waals surface area contributed by atoms with Crippen LogP contribution in [0.15, 0.2) is 18.5 Å². The molecule has 2 atom stereocenters. The van der Waals surface area contributed by atoms with Gasteiger partial charge in [-0.2, -0.15) is 0 Å². The van der Waals surface area contributed by atoms with Gasteiger partial charge in [0.25, 0.3) is 0 Å². The van der Waals surface area contributed by atoms with Crippen molar-refractivity contribution in [3.8, 4) is 5.75 Å². The summed E-state index contributed by atoms with van der Waals surface area (Å²) in [4.78, 5) is 4.20. The summed E-state index contributed by atoms with van der Waals surface area (Å²) in [7, 11) is 0. The second-order valence-electron chi connectivity index (χ2n) is 4.47. The summed E-state index contributed by atoms with van der Waals surface area (Å²) in [6, 6.07) is 2.06. The maximum absolute atomic E-state index is 9.52. The third kappa shape index (κ3) is 2.73. The summed E-state index contributed by atoms with van der Waals surface area (Å²) >= 11 is 0. The molecule has 1 aliphatic carbocycles. The Morgan fingerprint density at radius 1 is 1.44 bits per heavy atom. The minimum absolute atomic E-state index is 0.134. The average Bonchev–Trinajstić information content (AvgIpc) is 2.74. The van der Waals surface area contributed by atoms with Crippen molar-refractivity contribution >= 4 is 0 Å². The highest BCUT2D eigenvalue weighted by atomic mass is 16.5. The van der Waals surface area contributed by atoms with Crippen LogP contribution >= 0.6 is 0 Å². The second-order valence-corrected chi connectivity index (χ2v) is 4.47. The molecular weight excluding hydrogens is 202 g/mol. The molecule has 0 radical (unpaired) electrons. The van der Waals surface area contributed by atoms with Gasteiger partial charge in [0, 0.05) is 6.20 Å². The summed E-state index contributed by atoms with van der Waals surface area (Å²) in [6.45, 7) is 2.82. The lowest BCUT2D eigenvalue weighted by Crippen LogP contribution is -2.01. The van der Waals surface area contributed by atoms with E-state index >= 15 is 0 Å². The molecule has 0 saturated heterocycles. The van der Waals surface area contributed by atoms with Crippen molar-refractivity contribution in [2.75, 3.05) is 6.61 Å². The number of hydrogen-bond acceptors (Lipinski definition) is 3. The molecule has 3 heteroatoms. The Hall–Kier alpha value is -1.09. The SMILES string of the molecule is CCCOc1cncc(C2CCC(O)C2)c1. The van der Waals surface area contributed by atoms with Crippen LogP contribution in [0.25, 0.3) is 0 Å². The molecule has 1 fully saturated rings. The Kier molecular flexibility index (Phi) is 3.78. The molecule has 16 heavy (non-hydrogen) atoms. The third-order valence-electron chi connectivity index (χ3n) is 3.08. The number of aliphatic hydroxyl groups is 1. The van der Waals surface area contributed by atoms with Gasteiger partial charge in [-0.05, 0) is 43.2 Å². The molecule has 1 heterocycles. The van der Waals surface area contributed by atoms with E-state index in [0.717, 1.165) is 38.0 Å². The summed E-state index contributed by atoms with van der Waals surface area (Å²) in [5, 5.41) is 9.52.